The van der Waals surface area contributed by atoms with E-state index < -0.39 is 0 Å². The highest BCUT2D eigenvalue weighted by atomic mass is 15.0. The van der Waals surface area contributed by atoms with E-state index in [1.165, 1.54) is 0 Å². The maximum atomic E-state index is 6.94. The first-order chi connectivity index (χ1) is 7.36. The van der Waals surface area contributed by atoms with Crippen LogP contribution in [0.2, 0.25) is 0 Å². The van der Waals surface area contributed by atoms with Gasteiger partial charge >= 0.3 is 0 Å². The van der Waals surface area contributed by atoms with Crippen LogP contribution in [0.15, 0.2) is 18.2 Å². The fourth-order valence-corrected chi connectivity index (χ4v) is 1.76. The molecule has 15 heavy (non-hydrogen) atoms. The van der Waals surface area contributed by atoms with Crippen LogP contribution in [0, 0.1) is 6.57 Å². The monoisotopic (exact) mass is 198 g/mol. The van der Waals surface area contributed by atoms with Gasteiger partial charge in [0.2, 0.25) is 0 Å². The lowest BCUT2D eigenvalue weighted by molar-refractivity contribution is 0.433. The molecule has 0 amide bonds. The van der Waals surface area contributed by atoms with Crippen molar-refractivity contribution < 1.29 is 0 Å². The van der Waals surface area contributed by atoms with Crippen molar-refractivity contribution in [1.82, 2.24) is 15.3 Å². The predicted molar refractivity (Wildman–Crippen MR) is 58.0 cm³/mol. The molecular formula is C11H10N4. The highest BCUT2D eigenvalue weighted by Crippen LogP contribution is 2.23. The summed E-state index contributed by atoms with van der Waals surface area (Å²) in [5, 5.41) is 3.22. The predicted octanol–water partition coefficient (Wildman–Crippen LogP) is 1.80. The largest absolute Gasteiger partial charge is 0.343 e. The Morgan fingerprint density at radius 3 is 2.93 bits per heavy atom. The minimum atomic E-state index is 0.508. The molecule has 0 saturated carbocycles. The maximum Gasteiger partial charge on any atom is 0.189 e. The number of nitrogens with zero attached hydrogens (tertiary/aromatic N) is 2. The van der Waals surface area contributed by atoms with E-state index in [4.69, 9.17) is 6.57 Å². The molecule has 1 aliphatic heterocycles. The number of aromatic amines is 1. The lowest BCUT2D eigenvalue weighted by Crippen LogP contribution is -2.40. The summed E-state index contributed by atoms with van der Waals surface area (Å²) in [5.74, 6) is 1.54. The Bertz CT molecular complexity index is 545. The van der Waals surface area contributed by atoms with E-state index in [0.717, 1.165) is 29.9 Å². The summed E-state index contributed by atoms with van der Waals surface area (Å²) < 4.78 is 0. The number of H-pyrrole nitrogens is 1. The molecule has 2 heterocycles. The third-order valence-corrected chi connectivity index (χ3v) is 2.78. The van der Waals surface area contributed by atoms with E-state index in [2.05, 4.69) is 20.1 Å². The molecule has 0 radical (unpaired) electrons. The van der Waals surface area contributed by atoms with Crippen LogP contribution in [0.3, 0.4) is 0 Å². The van der Waals surface area contributed by atoms with Crippen molar-refractivity contribution in [2.45, 2.75) is 5.92 Å². The van der Waals surface area contributed by atoms with E-state index in [1.807, 2.05) is 12.1 Å². The average molecular weight is 198 g/mol. The van der Waals surface area contributed by atoms with Crippen LogP contribution in [-0.2, 0) is 0 Å². The second kappa shape index (κ2) is 3.07. The molecule has 0 unspecified atom stereocenters. The molecule has 1 aromatic carbocycles. The molecule has 0 atom stereocenters. The molecule has 74 valence electrons. The van der Waals surface area contributed by atoms with Crippen molar-refractivity contribution in [2.24, 2.45) is 0 Å². The zero-order chi connectivity index (χ0) is 10.3. The zero-order valence-electron chi connectivity index (χ0n) is 8.12. The van der Waals surface area contributed by atoms with Gasteiger partial charge in [-0.05, 0) is 12.1 Å². The van der Waals surface area contributed by atoms with Crippen LogP contribution in [-0.4, -0.2) is 23.1 Å². The third kappa shape index (κ3) is 1.29. The molecule has 1 aromatic heterocycles. The van der Waals surface area contributed by atoms with Gasteiger partial charge in [0.15, 0.2) is 5.69 Å². The fraction of sp³-hybridized carbons (Fsp3) is 0.273. The molecule has 1 saturated heterocycles. The first-order valence-corrected chi connectivity index (χ1v) is 4.94. The van der Waals surface area contributed by atoms with Gasteiger partial charge in [0, 0.05) is 19.0 Å². The number of aromatic nitrogens is 2. The van der Waals surface area contributed by atoms with Gasteiger partial charge < -0.3 is 10.3 Å². The standard InChI is InChI=1S/C11H10N4/c1-12-8-2-3-9-10(4-8)15-11(14-9)7-5-13-6-7/h2-4,7,13H,5-6H2,(H,14,15). The van der Waals surface area contributed by atoms with Gasteiger partial charge in [0.1, 0.15) is 5.82 Å². The minimum absolute atomic E-state index is 0.508. The van der Waals surface area contributed by atoms with Crippen molar-refractivity contribution >= 4 is 16.7 Å². The van der Waals surface area contributed by atoms with E-state index >= 15 is 0 Å². The lowest BCUT2D eigenvalue weighted by Gasteiger charge is -2.24. The summed E-state index contributed by atoms with van der Waals surface area (Å²) in [6.45, 7) is 8.93. The van der Waals surface area contributed by atoms with Crippen molar-refractivity contribution in [2.75, 3.05) is 13.1 Å². The number of rotatable bonds is 1. The highest BCUT2D eigenvalue weighted by Gasteiger charge is 2.21. The molecule has 4 nitrogen and oxygen atoms in total. The molecular weight excluding hydrogens is 188 g/mol. The number of hydrogen-bond donors (Lipinski definition) is 2. The van der Waals surface area contributed by atoms with E-state index in [9.17, 15) is 0 Å². The molecule has 4 heteroatoms. The van der Waals surface area contributed by atoms with Gasteiger partial charge in [-0.1, -0.05) is 6.07 Å². The first kappa shape index (κ1) is 8.45. The normalized spacial score (nSPS) is 16.2. The summed E-state index contributed by atoms with van der Waals surface area (Å²) in [6, 6.07) is 5.55. The van der Waals surface area contributed by atoms with Crippen LogP contribution in [0.1, 0.15) is 11.7 Å². The molecule has 0 bridgehead atoms. The maximum absolute atomic E-state index is 6.94. The van der Waals surface area contributed by atoms with Gasteiger partial charge in [-0.25, -0.2) is 9.83 Å². The quantitative estimate of drug-likeness (QED) is 0.686. The second-order valence-corrected chi connectivity index (χ2v) is 3.79. The van der Waals surface area contributed by atoms with Gasteiger partial charge in [0.25, 0.3) is 0 Å². The molecule has 1 fully saturated rings. The Morgan fingerprint density at radius 2 is 2.27 bits per heavy atom. The first-order valence-electron chi connectivity index (χ1n) is 4.94. The molecule has 1 aliphatic rings. The summed E-state index contributed by atoms with van der Waals surface area (Å²) in [6.07, 6.45) is 0. The van der Waals surface area contributed by atoms with Gasteiger partial charge in [-0.2, -0.15) is 0 Å². The number of imidazole rings is 1. The van der Waals surface area contributed by atoms with Crippen LogP contribution in [0.25, 0.3) is 15.9 Å². The van der Waals surface area contributed by atoms with Crippen LogP contribution in [0.5, 0.6) is 0 Å². The Balaban J connectivity index is 2.09. The van der Waals surface area contributed by atoms with E-state index in [1.54, 1.807) is 6.07 Å². The van der Waals surface area contributed by atoms with Crippen molar-refractivity contribution in [3.05, 3.63) is 35.4 Å². The number of fused-ring (bicyclic) bond motifs is 1. The Morgan fingerprint density at radius 1 is 1.40 bits per heavy atom. The van der Waals surface area contributed by atoms with E-state index in [-0.39, 0.29) is 0 Å². The Labute approximate surface area is 87.1 Å². The number of benzene rings is 1. The second-order valence-electron chi connectivity index (χ2n) is 3.79. The molecule has 0 aliphatic carbocycles. The summed E-state index contributed by atoms with van der Waals surface area (Å²) in [4.78, 5) is 11.2. The van der Waals surface area contributed by atoms with Crippen LogP contribution >= 0.6 is 0 Å². The third-order valence-electron chi connectivity index (χ3n) is 2.78. The van der Waals surface area contributed by atoms with Gasteiger partial charge in [0.05, 0.1) is 17.6 Å². The SMILES string of the molecule is [C-]#[N+]c1ccc2nc(C3CNC3)[nH]c2c1. The Kier molecular flexibility index (Phi) is 1.73. The topological polar surface area (TPSA) is 45.1 Å². The summed E-state index contributed by atoms with van der Waals surface area (Å²) >= 11 is 0. The van der Waals surface area contributed by atoms with Gasteiger partial charge in [-0.15, -0.1) is 0 Å². The summed E-state index contributed by atoms with van der Waals surface area (Å²) in [7, 11) is 0. The fourth-order valence-electron chi connectivity index (χ4n) is 1.76. The number of nitrogens with one attached hydrogen (secondary N) is 2. The van der Waals surface area contributed by atoms with E-state index in [0.29, 0.717) is 11.6 Å². The smallest absolute Gasteiger partial charge is 0.189 e. The lowest BCUT2D eigenvalue weighted by atomic mass is 10.0. The highest BCUT2D eigenvalue weighted by molar-refractivity contribution is 5.79. The van der Waals surface area contributed by atoms with Gasteiger partial charge in [-0.3, -0.25) is 0 Å². The zero-order valence-corrected chi connectivity index (χ0v) is 8.12. The van der Waals surface area contributed by atoms with Crippen molar-refractivity contribution in [3.63, 3.8) is 0 Å². The molecule has 2 aromatic rings. The van der Waals surface area contributed by atoms with Crippen LogP contribution < -0.4 is 5.32 Å². The average Bonchev–Trinajstić information content (AvgIpc) is 2.56. The molecule has 0 spiro atoms. The van der Waals surface area contributed by atoms with Crippen LogP contribution in [0.4, 0.5) is 5.69 Å². The minimum Gasteiger partial charge on any atom is -0.343 e. The van der Waals surface area contributed by atoms with Crippen molar-refractivity contribution in [1.29, 1.82) is 0 Å². The number of hydrogen-bond acceptors (Lipinski definition) is 2. The van der Waals surface area contributed by atoms with Crippen molar-refractivity contribution in [3.8, 4) is 0 Å². The molecule has 3 rings (SSSR count). The Hall–Kier alpha value is -1.86. The molecule has 2 N–H and O–H groups in total. The summed E-state index contributed by atoms with van der Waals surface area (Å²) in [5.41, 5.74) is 2.57.